The predicted octanol–water partition coefficient (Wildman–Crippen LogP) is 4.96. The van der Waals surface area contributed by atoms with Crippen LogP contribution in [0.2, 0.25) is 5.02 Å². The molecule has 2 aromatic rings. The van der Waals surface area contributed by atoms with Crippen molar-refractivity contribution in [1.29, 1.82) is 0 Å². The first-order chi connectivity index (χ1) is 19.8. The number of nitrogens with zero attached hydrogens (tertiary/aromatic N) is 4. The fraction of sp³-hybridized carbons (Fsp3) is 0.621. The molecule has 1 saturated carbocycles. The van der Waals surface area contributed by atoms with Gasteiger partial charge in [-0.15, -0.1) is 10.2 Å². The summed E-state index contributed by atoms with van der Waals surface area (Å²) in [6.07, 6.45) is 5.45. The number of ether oxygens (including phenoxy) is 4. The molecular weight excluding hydrogens is 568 g/mol. The second kappa shape index (κ2) is 13.2. The molecule has 1 aromatic heterocycles. The lowest BCUT2D eigenvalue weighted by molar-refractivity contribution is -0.166. The smallest absolute Gasteiger partial charge is 0.349 e. The molecule has 1 saturated heterocycles. The number of cyclic esters (lactones) is 1. The average Bonchev–Trinajstić information content (AvgIpc) is 3.64. The summed E-state index contributed by atoms with van der Waals surface area (Å²) in [6, 6.07) is 3.62. The summed E-state index contributed by atoms with van der Waals surface area (Å²) in [5.41, 5.74) is 0.0956. The number of methoxy groups -OCH3 is 2. The summed E-state index contributed by atoms with van der Waals surface area (Å²) in [7, 11) is 3.18. The third-order valence-electron chi connectivity index (χ3n) is 8.52. The molecule has 1 N–H and O–H groups in total. The number of esters is 1. The molecule has 1 aromatic carbocycles. The van der Waals surface area contributed by atoms with Crippen LogP contribution in [0.5, 0.6) is 11.5 Å². The fourth-order valence-corrected chi connectivity index (χ4v) is 7.36. The van der Waals surface area contributed by atoms with Crippen molar-refractivity contribution in [2.45, 2.75) is 69.2 Å². The topological polar surface area (TPSA) is 108 Å². The summed E-state index contributed by atoms with van der Waals surface area (Å²) in [5.74, 6) is 1.68. The van der Waals surface area contributed by atoms with Crippen LogP contribution in [-0.4, -0.2) is 83.4 Å². The van der Waals surface area contributed by atoms with Gasteiger partial charge in [0.15, 0.2) is 5.16 Å². The number of halogens is 1. The molecule has 224 valence electrons. The van der Waals surface area contributed by atoms with Crippen molar-refractivity contribution in [2.75, 3.05) is 47.1 Å². The van der Waals surface area contributed by atoms with Crippen LogP contribution in [0.15, 0.2) is 28.0 Å². The van der Waals surface area contributed by atoms with E-state index < -0.39 is 11.6 Å². The number of rotatable bonds is 11. The van der Waals surface area contributed by atoms with Crippen molar-refractivity contribution in [2.24, 2.45) is 5.92 Å². The van der Waals surface area contributed by atoms with Crippen LogP contribution in [0.4, 0.5) is 0 Å². The number of aliphatic hydroxyl groups excluding tert-OH is 1. The van der Waals surface area contributed by atoms with Gasteiger partial charge in [0.25, 0.3) is 0 Å². The summed E-state index contributed by atoms with van der Waals surface area (Å²) in [6.45, 7) is 6.65. The molecule has 1 unspecified atom stereocenters. The monoisotopic (exact) mass is 606 g/mol. The molecule has 10 nitrogen and oxygen atoms in total. The molecule has 0 spiro atoms. The highest BCUT2D eigenvalue weighted by molar-refractivity contribution is 8.03. The molecule has 5 rings (SSSR count). The first kappa shape index (κ1) is 30.0. The number of carbonyl (C=O) groups is 1. The van der Waals surface area contributed by atoms with E-state index in [9.17, 15) is 9.90 Å². The Morgan fingerprint density at radius 2 is 1.85 bits per heavy atom. The van der Waals surface area contributed by atoms with Gasteiger partial charge in [-0.3, -0.25) is 4.90 Å². The van der Waals surface area contributed by atoms with E-state index in [0.29, 0.717) is 41.1 Å². The number of aromatic nitrogens is 3. The van der Waals surface area contributed by atoms with Gasteiger partial charge in [0.2, 0.25) is 0 Å². The highest BCUT2D eigenvalue weighted by Crippen LogP contribution is 2.48. The summed E-state index contributed by atoms with van der Waals surface area (Å²) in [5, 5.41) is 21.0. The Hall–Kier alpha value is -2.47. The van der Waals surface area contributed by atoms with Crippen LogP contribution in [0, 0.1) is 12.8 Å². The van der Waals surface area contributed by atoms with E-state index in [0.717, 1.165) is 81.7 Å². The van der Waals surface area contributed by atoms with E-state index in [-0.39, 0.29) is 23.0 Å². The minimum absolute atomic E-state index is 0.0539. The van der Waals surface area contributed by atoms with E-state index in [1.54, 1.807) is 20.3 Å². The number of hydrogen-bond donors (Lipinski definition) is 1. The molecule has 0 radical (unpaired) electrons. The SMILES string of the molecule is COc1cc(OC)c(CCC2(C3CCCC3)CC(O)=C(Sc3nnc(C)n3CCN3CCOCC3)C(=O)O2)cc1Cl. The van der Waals surface area contributed by atoms with Gasteiger partial charge in [-0.1, -0.05) is 24.4 Å². The highest BCUT2D eigenvalue weighted by atomic mass is 35.5. The lowest BCUT2D eigenvalue weighted by Crippen LogP contribution is -2.45. The van der Waals surface area contributed by atoms with Crippen molar-refractivity contribution in [1.82, 2.24) is 19.7 Å². The second-order valence-corrected chi connectivity index (χ2v) is 12.3. The van der Waals surface area contributed by atoms with Crippen LogP contribution in [0.25, 0.3) is 0 Å². The van der Waals surface area contributed by atoms with Crippen molar-refractivity contribution < 1.29 is 28.8 Å². The molecule has 1 atom stereocenters. The lowest BCUT2D eigenvalue weighted by Gasteiger charge is -2.41. The number of benzene rings is 1. The quantitative estimate of drug-likeness (QED) is 0.353. The Labute approximate surface area is 250 Å². The zero-order valence-electron chi connectivity index (χ0n) is 24.0. The van der Waals surface area contributed by atoms with Crippen LogP contribution < -0.4 is 9.47 Å². The maximum absolute atomic E-state index is 13.6. The number of morpholine rings is 1. The van der Waals surface area contributed by atoms with E-state index in [1.807, 2.05) is 17.6 Å². The molecule has 0 bridgehead atoms. The standard InChI is InChI=1S/C29H39ClN4O6S/c1-19-31-32-28(34(19)11-10-33-12-14-39-15-13-33)41-26-23(35)18-29(40-27(26)36,21-6-4-5-7-21)9-8-20-16-22(30)25(38-3)17-24(20)37-2/h16-17,21,35H,4-15,18H2,1-3H3. The minimum atomic E-state index is -0.806. The zero-order valence-corrected chi connectivity index (χ0v) is 25.6. The van der Waals surface area contributed by atoms with Crippen LogP contribution in [0.1, 0.15) is 49.9 Å². The van der Waals surface area contributed by atoms with Crippen LogP contribution >= 0.6 is 23.4 Å². The minimum Gasteiger partial charge on any atom is -0.511 e. The van der Waals surface area contributed by atoms with Gasteiger partial charge in [0, 0.05) is 38.7 Å². The maximum Gasteiger partial charge on any atom is 0.349 e. The van der Waals surface area contributed by atoms with Crippen molar-refractivity contribution in [3.63, 3.8) is 0 Å². The molecule has 2 fully saturated rings. The molecule has 12 heteroatoms. The van der Waals surface area contributed by atoms with Crippen molar-refractivity contribution >= 4 is 29.3 Å². The van der Waals surface area contributed by atoms with Crippen LogP contribution in [-0.2, 0) is 27.2 Å². The van der Waals surface area contributed by atoms with Gasteiger partial charge in [0.05, 0.1) is 32.5 Å². The summed E-state index contributed by atoms with van der Waals surface area (Å²) < 4.78 is 24.7. The average molecular weight is 607 g/mol. The fourth-order valence-electron chi connectivity index (χ4n) is 6.19. The van der Waals surface area contributed by atoms with E-state index in [2.05, 4.69) is 15.1 Å². The van der Waals surface area contributed by atoms with E-state index in [4.69, 9.17) is 30.5 Å². The van der Waals surface area contributed by atoms with Crippen molar-refractivity contribution in [3.8, 4) is 11.5 Å². The Bertz CT molecular complexity index is 1270. The van der Waals surface area contributed by atoms with Gasteiger partial charge >= 0.3 is 5.97 Å². The maximum atomic E-state index is 13.6. The van der Waals surface area contributed by atoms with Gasteiger partial charge in [0.1, 0.15) is 33.6 Å². The third-order valence-corrected chi connectivity index (χ3v) is 9.91. The highest BCUT2D eigenvalue weighted by Gasteiger charge is 2.48. The van der Waals surface area contributed by atoms with E-state index in [1.165, 1.54) is 0 Å². The molecule has 1 aliphatic carbocycles. The van der Waals surface area contributed by atoms with Gasteiger partial charge < -0.3 is 28.6 Å². The normalized spacial score (nSPS) is 22.3. The van der Waals surface area contributed by atoms with Crippen molar-refractivity contribution in [3.05, 3.63) is 39.2 Å². The zero-order chi connectivity index (χ0) is 29.0. The predicted molar refractivity (Wildman–Crippen MR) is 156 cm³/mol. The Kier molecular flexibility index (Phi) is 9.68. The summed E-state index contributed by atoms with van der Waals surface area (Å²) >= 11 is 7.56. The van der Waals surface area contributed by atoms with Gasteiger partial charge in [-0.25, -0.2) is 4.79 Å². The Morgan fingerprint density at radius 3 is 2.54 bits per heavy atom. The molecule has 41 heavy (non-hydrogen) atoms. The third kappa shape index (κ3) is 6.63. The van der Waals surface area contributed by atoms with Gasteiger partial charge in [-0.05, 0) is 61.9 Å². The largest absolute Gasteiger partial charge is 0.511 e. The molecule has 2 aliphatic heterocycles. The molecule has 0 amide bonds. The lowest BCUT2D eigenvalue weighted by atomic mass is 9.77. The summed E-state index contributed by atoms with van der Waals surface area (Å²) in [4.78, 5) is 16.1. The molecular formula is C29H39ClN4O6S. The number of aryl methyl sites for hydroxylation is 2. The first-order valence-electron chi connectivity index (χ1n) is 14.3. The Morgan fingerprint density at radius 1 is 1.12 bits per heavy atom. The second-order valence-electron chi connectivity index (χ2n) is 10.9. The van der Waals surface area contributed by atoms with E-state index >= 15 is 0 Å². The number of aliphatic hydroxyl groups is 1. The molecule has 3 heterocycles. The van der Waals surface area contributed by atoms with Crippen LogP contribution in [0.3, 0.4) is 0 Å². The Balaban J connectivity index is 1.35. The number of thioether (sulfide) groups is 1. The van der Waals surface area contributed by atoms with Gasteiger partial charge in [-0.2, -0.15) is 0 Å². The first-order valence-corrected chi connectivity index (χ1v) is 15.5. The number of carbonyl (C=O) groups excluding carboxylic acids is 1. The number of hydrogen-bond acceptors (Lipinski definition) is 10. The molecule has 3 aliphatic rings.